The van der Waals surface area contributed by atoms with Crippen LogP contribution in [0.25, 0.3) is 17.1 Å². The number of nitrogens with zero attached hydrogens (tertiary/aromatic N) is 5. The van der Waals surface area contributed by atoms with E-state index in [1.54, 1.807) is 32.2 Å². The molecule has 1 aliphatic heterocycles. The molecule has 242 valence electrons. The smallest absolute Gasteiger partial charge is 0.497 e. The molecule has 5 rings (SSSR count). The molecule has 0 spiro atoms. The predicted octanol–water partition coefficient (Wildman–Crippen LogP) is 5.79. The van der Waals surface area contributed by atoms with Gasteiger partial charge in [0, 0.05) is 11.6 Å². The van der Waals surface area contributed by atoms with E-state index in [1.165, 1.54) is 51.9 Å². The minimum absolute atomic E-state index is 0.149. The molecule has 15 heteroatoms. The van der Waals surface area contributed by atoms with Crippen LogP contribution in [-0.4, -0.2) is 56.5 Å². The quantitative estimate of drug-likeness (QED) is 0.144. The number of rotatable bonds is 12. The number of halogens is 3. The molecule has 11 nitrogen and oxygen atoms in total. The van der Waals surface area contributed by atoms with Crippen LogP contribution in [0.2, 0.25) is 0 Å². The Labute approximate surface area is 267 Å². The van der Waals surface area contributed by atoms with Crippen molar-refractivity contribution >= 4 is 28.5 Å². The molecule has 0 aliphatic carbocycles. The zero-order valence-electron chi connectivity index (χ0n) is 25.1. The fourth-order valence-corrected chi connectivity index (χ4v) is 5.52. The van der Waals surface area contributed by atoms with E-state index >= 15 is 0 Å². The van der Waals surface area contributed by atoms with Gasteiger partial charge in [-0.15, -0.1) is 18.3 Å². The number of ether oxygens (including phenoxy) is 2. The van der Waals surface area contributed by atoms with E-state index < -0.39 is 18.8 Å². The Balaban J connectivity index is 1.20. The second-order valence-corrected chi connectivity index (χ2v) is 11.0. The fraction of sp³-hybridized carbons (Fsp3) is 0.290. The highest BCUT2D eigenvalue weighted by atomic mass is 32.2. The molecule has 2 unspecified atom stereocenters. The Morgan fingerprint density at radius 3 is 2.48 bits per heavy atom. The number of nitrogens with one attached hydrogen (secondary N) is 1. The Bertz CT molecular complexity index is 1680. The van der Waals surface area contributed by atoms with Crippen molar-refractivity contribution in [2.75, 3.05) is 17.8 Å². The van der Waals surface area contributed by atoms with Crippen LogP contribution in [0.3, 0.4) is 0 Å². The van der Waals surface area contributed by atoms with Gasteiger partial charge >= 0.3 is 6.36 Å². The number of aliphatic hydroxyl groups is 1. The number of alkyl halides is 3. The number of aliphatic imine (C=N–C) groups is 1. The summed E-state index contributed by atoms with van der Waals surface area (Å²) in [5, 5.41) is 15.4. The summed E-state index contributed by atoms with van der Waals surface area (Å²) in [6.07, 6.45) is -3.60. The summed E-state index contributed by atoms with van der Waals surface area (Å²) in [6, 6.07) is 18.1. The van der Waals surface area contributed by atoms with Gasteiger partial charge in [-0.25, -0.2) is 14.7 Å². The Hall–Kier alpha value is -4.44. The zero-order chi connectivity index (χ0) is 32.8. The number of carbonyl (C=O) groups excluding carboxylic acids is 1. The molecule has 0 bridgehead atoms. The van der Waals surface area contributed by atoms with Crippen molar-refractivity contribution in [1.29, 1.82) is 0 Å². The highest BCUT2D eigenvalue weighted by Gasteiger charge is 2.32. The van der Waals surface area contributed by atoms with E-state index in [4.69, 9.17) is 9.57 Å². The first-order valence-corrected chi connectivity index (χ1v) is 15.2. The zero-order valence-corrected chi connectivity index (χ0v) is 25.9. The summed E-state index contributed by atoms with van der Waals surface area (Å²) >= 11 is 1.22. The second kappa shape index (κ2) is 14.3. The molecule has 1 amide bonds. The van der Waals surface area contributed by atoms with Gasteiger partial charge in [0.1, 0.15) is 23.9 Å². The number of methoxy groups -OCH3 is 1. The van der Waals surface area contributed by atoms with E-state index in [1.807, 2.05) is 24.3 Å². The first kappa shape index (κ1) is 32.9. The van der Waals surface area contributed by atoms with Crippen LogP contribution in [-0.2, 0) is 16.1 Å². The maximum Gasteiger partial charge on any atom is 0.573 e. The monoisotopic (exact) mass is 656 g/mol. The summed E-state index contributed by atoms with van der Waals surface area (Å²) in [7, 11) is 1.56. The Morgan fingerprint density at radius 1 is 1.09 bits per heavy atom. The first-order valence-electron chi connectivity index (χ1n) is 14.2. The lowest BCUT2D eigenvalue weighted by atomic mass is 10.1. The van der Waals surface area contributed by atoms with Gasteiger partial charge < -0.3 is 14.6 Å². The lowest BCUT2D eigenvalue weighted by Gasteiger charge is -2.22. The number of aromatic nitrogens is 3. The van der Waals surface area contributed by atoms with Crippen molar-refractivity contribution < 1.29 is 37.4 Å². The van der Waals surface area contributed by atoms with E-state index in [9.17, 15) is 23.1 Å². The molecule has 2 N–H and O–H groups in total. The highest BCUT2D eigenvalue weighted by molar-refractivity contribution is 8.15. The van der Waals surface area contributed by atoms with E-state index in [0.29, 0.717) is 33.7 Å². The molecule has 1 aliphatic rings. The van der Waals surface area contributed by atoms with Gasteiger partial charge in [0.25, 0.3) is 0 Å². The van der Waals surface area contributed by atoms with E-state index in [-0.39, 0.29) is 17.4 Å². The third-order valence-electron chi connectivity index (χ3n) is 6.87. The number of thioether (sulfide) groups is 1. The minimum atomic E-state index is -4.77. The number of hydrogen-bond acceptors (Lipinski definition) is 10. The number of benzene rings is 3. The average Bonchev–Trinajstić information content (AvgIpc) is 3.67. The third kappa shape index (κ3) is 8.04. The van der Waals surface area contributed by atoms with Crippen molar-refractivity contribution in [3.8, 4) is 28.6 Å². The summed E-state index contributed by atoms with van der Waals surface area (Å²) < 4.78 is 48.0. The molecule has 0 saturated carbocycles. The molecule has 1 saturated heterocycles. The van der Waals surface area contributed by atoms with E-state index in [2.05, 4.69) is 32.2 Å². The van der Waals surface area contributed by atoms with Gasteiger partial charge in [-0.2, -0.15) is 5.48 Å². The number of carbonyl (C=O) groups is 1. The fourth-order valence-electron chi connectivity index (χ4n) is 4.64. The van der Waals surface area contributed by atoms with Gasteiger partial charge in [0.2, 0.25) is 12.3 Å². The topological polar surface area (TPSA) is 123 Å². The molecule has 1 fully saturated rings. The molecule has 2 atom stereocenters. The van der Waals surface area contributed by atoms with Crippen molar-refractivity contribution in [1.82, 2.24) is 20.2 Å². The molecule has 2 heterocycles. The molecular formula is C31H31F3N6O5S. The standard InChI is InChI=1S/C31H31F3N6O5S/c1-4-5-21-10-13-25(43-3)16-26(21)40-27(41)17-46-30(40)36-29(42)38-45-19(2)20-6-8-22(9-7-20)28-35-18-39(37-28)23-11-14-24(15-12-23)44-31(32,33)34/h6-16,18-19,29,38,42H,4-5,17H2,1-3H3. The van der Waals surface area contributed by atoms with Crippen LogP contribution in [0.15, 0.2) is 78.0 Å². The van der Waals surface area contributed by atoms with Crippen molar-refractivity contribution in [2.45, 2.75) is 45.5 Å². The normalized spacial score (nSPS) is 15.8. The van der Waals surface area contributed by atoms with E-state index in [0.717, 1.165) is 24.0 Å². The molecular weight excluding hydrogens is 625 g/mol. The summed E-state index contributed by atoms with van der Waals surface area (Å²) in [6.45, 7) is 3.84. The van der Waals surface area contributed by atoms with Crippen LogP contribution in [0, 0.1) is 0 Å². The number of anilines is 1. The second-order valence-electron chi connectivity index (χ2n) is 10.1. The number of aliphatic hydroxyl groups excluding tert-OH is 1. The SMILES string of the molecule is CCCc1ccc(OC)cc1N1C(=O)CSC1=NC(O)NOC(C)c1ccc(-c2ncn(-c3ccc(OC(F)(F)F)cc3)n2)cc1. The van der Waals surface area contributed by atoms with Crippen LogP contribution in [0.4, 0.5) is 18.9 Å². The average molecular weight is 657 g/mol. The third-order valence-corrected chi connectivity index (χ3v) is 7.80. The number of amidine groups is 1. The molecule has 4 aromatic rings. The number of aryl methyl sites for hydroxylation is 1. The van der Waals surface area contributed by atoms with Gasteiger partial charge in [-0.3, -0.25) is 14.5 Å². The minimum Gasteiger partial charge on any atom is -0.497 e. The van der Waals surface area contributed by atoms with Gasteiger partial charge in [-0.05, 0) is 54.8 Å². The molecule has 1 aromatic heterocycles. The number of hydrogen-bond donors (Lipinski definition) is 2. The first-order chi connectivity index (χ1) is 22.0. The van der Waals surface area contributed by atoms with Crippen LogP contribution >= 0.6 is 11.8 Å². The largest absolute Gasteiger partial charge is 0.573 e. The molecule has 46 heavy (non-hydrogen) atoms. The van der Waals surface area contributed by atoms with Crippen molar-refractivity contribution in [3.63, 3.8) is 0 Å². The molecule has 0 radical (unpaired) electrons. The lowest BCUT2D eigenvalue weighted by molar-refractivity contribution is -0.274. The maximum atomic E-state index is 12.8. The lowest BCUT2D eigenvalue weighted by Crippen LogP contribution is -2.34. The maximum absolute atomic E-state index is 12.8. The number of amides is 1. The van der Waals surface area contributed by atoms with Crippen molar-refractivity contribution in [2.24, 2.45) is 4.99 Å². The van der Waals surface area contributed by atoms with Crippen LogP contribution in [0.1, 0.15) is 37.5 Å². The van der Waals surface area contributed by atoms with Crippen LogP contribution < -0.4 is 19.9 Å². The Morgan fingerprint density at radius 2 is 1.80 bits per heavy atom. The van der Waals surface area contributed by atoms with Crippen LogP contribution in [0.5, 0.6) is 11.5 Å². The van der Waals surface area contributed by atoms with Crippen molar-refractivity contribution in [3.05, 3.63) is 84.2 Å². The van der Waals surface area contributed by atoms with Gasteiger partial charge in [-0.1, -0.05) is 55.4 Å². The highest BCUT2D eigenvalue weighted by Crippen LogP contribution is 2.33. The summed E-state index contributed by atoms with van der Waals surface area (Å²) in [4.78, 5) is 28.6. The summed E-state index contributed by atoms with van der Waals surface area (Å²) in [5.74, 6) is 0.726. The van der Waals surface area contributed by atoms with Gasteiger partial charge in [0.15, 0.2) is 11.0 Å². The summed E-state index contributed by atoms with van der Waals surface area (Å²) in [5.41, 5.74) is 6.17. The predicted molar refractivity (Wildman–Crippen MR) is 166 cm³/mol. The van der Waals surface area contributed by atoms with Gasteiger partial charge in [0.05, 0.1) is 24.2 Å². The number of hydroxylamine groups is 1. The Kier molecular flexibility index (Phi) is 10.3. The molecule has 3 aromatic carbocycles.